The Morgan fingerprint density at radius 2 is 1.93 bits per heavy atom. The molecule has 1 rings (SSSR count). The van der Waals surface area contributed by atoms with Crippen LogP contribution in [0.2, 0.25) is 0 Å². The van der Waals surface area contributed by atoms with Crippen LogP contribution in [-0.2, 0) is 0 Å². The maximum atomic E-state index is 4.43. The number of hydrogen-bond acceptors (Lipinski definition) is 3. The lowest BCUT2D eigenvalue weighted by Crippen LogP contribution is -2.43. The van der Waals surface area contributed by atoms with Crippen molar-refractivity contribution in [2.45, 2.75) is 53.2 Å². The summed E-state index contributed by atoms with van der Waals surface area (Å²) in [4.78, 5) is 2.35. The lowest BCUT2D eigenvalue weighted by atomic mass is 10.1. The Hall–Kier alpha value is -0.730. The van der Waals surface area contributed by atoms with Gasteiger partial charge in [-0.2, -0.15) is 5.10 Å². The second-order valence-corrected chi connectivity index (χ2v) is 4.64. The second kappa shape index (κ2) is 4.67. The van der Waals surface area contributed by atoms with E-state index in [0.717, 1.165) is 12.5 Å². The molecule has 1 aliphatic rings. The molecule has 1 unspecified atom stereocenters. The summed E-state index contributed by atoms with van der Waals surface area (Å²) < 4.78 is 0. The van der Waals surface area contributed by atoms with E-state index in [2.05, 4.69) is 49.6 Å². The normalized spacial score (nSPS) is 21.8. The first-order valence-corrected chi connectivity index (χ1v) is 5.64. The molecule has 3 heteroatoms. The quantitative estimate of drug-likeness (QED) is 0.689. The molecule has 1 aliphatic heterocycles. The maximum absolute atomic E-state index is 4.43. The van der Waals surface area contributed by atoms with Crippen molar-refractivity contribution < 1.29 is 0 Å². The summed E-state index contributed by atoms with van der Waals surface area (Å²) in [5.74, 6) is 0.719. The van der Waals surface area contributed by atoms with Crippen LogP contribution in [0.5, 0.6) is 0 Å². The van der Waals surface area contributed by atoms with E-state index in [9.17, 15) is 0 Å². The van der Waals surface area contributed by atoms with Gasteiger partial charge < -0.3 is 4.90 Å². The molecule has 0 saturated heterocycles. The average molecular weight is 197 g/mol. The summed E-state index contributed by atoms with van der Waals surface area (Å²) in [6, 6.07) is 0.541. The molecule has 1 heterocycles. The van der Waals surface area contributed by atoms with Gasteiger partial charge in [0.25, 0.3) is 0 Å². The first-order valence-electron chi connectivity index (χ1n) is 5.64. The minimum absolute atomic E-state index is 0.472. The van der Waals surface area contributed by atoms with E-state index in [1.807, 2.05) is 6.34 Å². The number of rotatable bonds is 4. The standard InChI is InChI=1S/C11H23N3/c1-6-14-11(7-9(2)3)13(8-12-14)10(4)5/h8-11H,6-7H2,1-5H3. The molecule has 82 valence electrons. The predicted molar refractivity (Wildman–Crippen MR) is 61.1 cm³/mol. The summed E-state index contributed by atoms with van der Waals surface area (Å²) in [5.41, 5.74) is 0. The van der Waals surface area contributed by atoms with Gasteiger partial charge in [-0.3, -0.25) is 5.01 Å². The van der Waals surface area contributed by atoms with E-state index < -0.39 is 0 Å². The van der Waals surface area contributed by atoms with Gasteiger partial charge in [0.15, 0.2) is 0 Å². The predicted octanol–water partition coefficient (Wildman–Crippen LogP) is 2.35. The third-order valence-corrected chi connectivity index (χ3v) is 2.62. The van der Waals surface area contributed by atoms with Gasteiger partial charge in [-0.25, -0.2) is 0 Å². The Kier molecular flexibility index (Phi) is 3.78. The van der Waals surface area contributed by atoms with Crippen LogP contribution in [0.3, 0.4) is 0 Å². The SMILES string of the molecule is CCN1N=CN(C(C)C)C1CC(C)C. The lowest BCUT2D eigenvalue weighted by molar-refractivity contribution is 0.0980. The molecule has 0 spiro atoms. The van der Waals surface area contributed by atoms with Crippen molar-refractivity contribution in [1.29, 1.82) is 0 Å². The van der Waals surface area contributed by atoms with Gasteiger partial charge in [0.05, 0.1) is 0 Å². The van der Waals surface area contributed by atoms with Gasteiger partial charge in [-0.15, -0.1) is 0 Å². The highest BCUT2D eigenvalue weighted by atomic mass is 15.6. The second-order valence-electron chi connectivity index (χ2n) is 4.64. The number of nitrogens with zero attached hydrogens (tertiary/aromatic N) is 3. The van der Waals surface area contributed by atoms with E-state index in [4.69, 9.17) is 0 Å². The molecule has 0 bridgehead atoms. The van der Waals surface area contributed by atoms with Crippen molar-refractivity contribution >= 4 is 6.34 Å². The molecule has 0 fully saturated rings. The maximum Gasteiger partial charge on any atom is 0.119 e. The molecular weight excluding hydrogens is 174 g/mol. The molecule has 0 aliphatic carbocycles. The van der Waals surface area contributed by atoms with Crippen LogP contribution >= 0.6 is 0 Å². The molecule has 0 saturated carbocycles. The van der Waals surface area contributed by atoms with Gasteiger partial charge in [-0.05, 0) is 33.1 Å². The fourth-order valence-electron chi connectivity index (χ4n) is 1.87. The largest absolute Gasteiger partial charge is 0.337 e. The number of hydrazone groups is 1. The Morgan fingerprint density at radius 1 is 1.29 bits per heavy atom. The Morgan fingerprint density at radius 3 is 2.36 bits per heavy atom. The smallest absolute Gasteiger partial charge is 0.119 e. The molecule has 0 N–H and O–H groups in total. The van der Waals surface area contributed by atoms with E-state index in [-0.39, 0.29) is 0 Å². The first-order chi connectivity index (χ1) is 6.56. The van der Waals surface area contributed by atoms with Gasteiger partial charge in [-0.1, -0.05) is 13.8 Å². The molecule has 0 aromatic carbocycles. The van der Waals surface area contributed by atoms with Crippen LogP contribution < -0.4 is 0 Å². The Balaban J connectivity index is 2.64. The zero-order valence-corrected chi connectivity index (χ0v) is 10.1. The van der Waals surface area contributed by atoms with Crippen molar-refractivity contribution in [3.63, 3.8) is 0 Å². The third-order valence-electron chi connectivity index (χ3n) is 2.62. The highest BCUT2D eigenvalue weighted by molar-refractivity contribution is 5.57. The van der Waals surface area contributed by atoms with Crippen molar-refractivity contribution in [2.24, 2.45) is 11.0 Å². The Bertz CT molecular complexity index is 199. The van der Waals surface area contributed by atoms with Gasteiger partial charge in [0.1, 0.15) is 12.5 Å². The van der Waals surface area contributed by atoms with E-state index in [1.165, 1.54) is 6.42 Å². The number of hydrogen-bond donors (Lipinski definition) is 0. The van der Waals surface area contributed by atoms with Crippen LogP contribution in [0.15, 0.2) is 5.10 Å². The van der Waals surface area contributed by atoms with Crippen molar-refractivity contribution in [1.82, 2.24) is 9.91 Å². The first kappa shape index (κ1) is 11.3. The minimum Gasteiger partial charge on any atom is -0.337 e. The van der Waals surface area contributed by atoms with Gasteiger partial charge in [0.2, 0.25) is 0 Å². The van der Waals surface area contributed by atoms with Crippen molar-refractivity contribution in [3.05, 3.63) is 0 Å². The average Bonchev–Trinajstić information content (AvgIpc) is 2.46. The molecule has 0 aromatic rings. The molecular formula is C11H23N3. The molecule has 14 heavy (non-hydrogen) atoms. The van der Waals surface area contributed by atoms with E-state index >= 15 is 0 Å². The van der Waals surface area contributed by atoms with Crippen LogP contribution in [0, 0.1) is 5.92 Å². The van der Waals surface area contributed by atoms with Crippen LogP contribution in [-0.4, -0.2) is 35.0 Å². The monoisotopic (exact) mass is 197 g/mol. The highest BCUT2D eigenvalue weighted by Gasteiger charge is 2.28. The topological polar surface area (TPSA) is 18.8 Å². The van der Waals surface area contributed by atoms with Gasteiger partial charge in [0, 0.05) is 12.6 Å². The van der Waals surface area contributed by atoms with Crippen LogP contribution in [0.4, 0.5) is 0 Å². The molecule has 0 amide bonds. The summed E-state index contributed by atoms with van der Waals surface area (Å²) in [7, 11) is 0. The zero-order chi connectivity index (χ0) is 10.7. The highest BCUT2D eigenvalue weighted by Crippen LogP contribution is 2.21. The molecule has 0 radical (unpaired) electrons. The third kappa shape index (κ3) is 2.40. The Labute approximate surface area is 87.8 Å². The zero-order valence-electron chi connectivity index (χ0n) is 10.1. The van der Waals surface area contributed by atoms with Crippen molar-refractivity contribution in [2.75, 3.05) is 6.54 Å². The summed E-state index contributed by atoms with van der Waals surface area (Å²) in [6.45, 7) is 12.1. The summed E-state index contributed by atoms with van der Waals surface area (Å²) in [6.07, 6.45) is 3.65. The van der Waals surface area contributed by atoms with E-state index in [1.54, 1.807) is 0 Å². The van der Waals surface area contributed by atoms with Crippen LogP contribution in [0.25, 0.3) is 0 Å². The molecule has 1 atom stereocenters. The van der Waals surface area contributed by atoms with Crippen molar-refractivity contribution in [3.8, 4) is 0 Å². The van der Waals surface area contributed by atoms with Gasteiger partial charge >= 0.3 is 0 Å². The fraction of sp³-hybridized carbons (Fsp3) is 0.909. The summed E-state index contributed by atoms with van der Waals surface area (Å²) in [5, 5.41) is 6.61. The molecule has 3 nitrogen and oxygen atoms in total. The summed E-state index contributed by atoms with van der Waals surface area (Å²) >= 11 is 0. The van der Waals surface area contributed by atoms with Crippen LogP contribution in [0.1, 0.15) is 41.0 Å². The lowest BCUT2D eigenvalue weighted by Gasteiger charge is -2.33. The van der Waals surface area contributed by atoms with E-state index in [0.29, 0.717) is 12.2 Å². The molecule has 0 aromatic heterocycles. The minimum atomic E-state index is 0.472. The fourth-order valence-corrected chi connectivity index (χ4v) is 1.87.